The zero-order chi connectivity index (χ0) is 41.7. The summed E-state index contributed by atoms with van der Waals surface area (Å²) in [6.07, 6.45) is -17.6. The number of nitrogens with zero attached hydrogens (tertiary/aromatic N) is 6. The van der Waals surface area contributed by atoms with Crippen LogP contribution in [0.1, 0.15) is 35.4 Å². The third kappa shape index (κ3) is 9.02. The predicted octanol–water partition coefficient (Wildman–Crippen LogP) is 7.86. The van der Waals surface area contributed by atoms with Crippen LogP contribution in [0.15, 0.2) is 53.3 Å². The third-order valence-electron chi connectivity index (χ3n) is 8.47. The number of halogens is 12. The summed E-state index contributed by atoms with van der Waals surface area (Å²) in [6.45, 7) is -1.09. The lowest BCUT2D eigenvalue weighted by molar-refractivity contribution is -0.143. The number of hydrogen-bond acceptors (Lipinski definition) is 9. The molecule has 2 aromatic carbocycles. The van der Waals surface area contributed by atoms with Crippen molar-refractivity contribution in [3.63, 3.8) is 0 Å². The molecule has 0 unspecified atom stereocenters. The minimum absolute atomic E-state index is 0.107. The number of ether oxygens (including phenoxy) is 2. The Bertz CT molecular complexity index is 2050. The fraction of sp³-hybridized carbons (Fsp3) is 0.364. The Balaban J connectivity index is 1.58. The van der Waals surface area contributed by atoms with Gasteiger partial charge in [-0.2, -0.15) is 44.6 Å². The summed E-state index contributed by atoms with van der Waals surface area (Å²) < 4.78 is 174. The lowest BCUT2D eigenvalue weighted by atomic mass is 9.97. The van der Waals surface area contributed by atoms with Crippen LogP contribution in [0.25, 0.3) is 11.1 Å². The minimum atomic E-state index is -5.22. The molecule has 11 nitrogen and oxygen atoms in total. The molecule has 1 N–H and O–H groups in total. The maximum atomic E-state index is 15.6. The molecule has 56 heavy (non-hydrogen) atoms. The molecule has 302 valence electrons. The van der Waals surface area contributed by atoms with Gasteiger partial charge in [-0.3, -0.25) is 9.91 Å². The van der Waals surface area contributed by atoms with Crippen LogP contribution in [0.4, 0.5) is 69.1 Å². The third-order valence-corrected chi connectivity index (χ3v) is 8.47. The molecule has 23 heteroatoms. The number of carboxylic acids is 1. The van der Waals surface area contributed by atoms with Crippen molar-refractivity contribution in [1.29, 1.82) is 0 Å². The second-order valence-electron chi connectivity index (χ2n) is 12.5. The number of cyclic esters (lactones) is 1. The van der Waals surface area contributed by atoms with E-state index in [0.29, 0.717) is 18.3 Å². The van der Waals surface area contributed by atoms with Crippen LogP contribution in [0.3, 0.4) is 0 Å². The van der Waals surface area contributed by atoms with Gasteiger partial charge in [0.25, 0.3) is 5.92 Å². The topological polar surface area (TPSA) is 121 Å². The standard InChI is InChI=1S/C33H26F12N6O5/c1-15-25(16-4-18(32(40,41)42)6-19(5-16)33(43,44)45)56-29(54)51(15)12-24-22(11-46-28(48-24)50-13-30(35,36)14-50)21-7-20(8-23(34)26(21)55-3)49(2)47-10-17(27(52)53)9-31(37,38)39/h4-11,15,25H,12-14H2,1-3H3,(H,52,53)/b17-9-,47-10-/t15-,25-/m0/s1. The van der Waals surface area contributed by atoms with Crippen LogP contribution in [0.5, 0.6) is 5.75 Å². The van der Waals surface area contributed by atoms with Gasteiger partial charge in [0.1, 0.15) is 6.10 Å². The first-order valence-corrected chi connectivity index (χ1v) is 15.7. The van der Waals surface area contributed by atoms with Gasteiger partial charge in [0, 0.05) is 36.5 Å². The lowest BCUT2D eigenvalue weighted by Gasteiger charge is -2.38. The molecule has 5 rings (SSSR count). The lowest BCUT2D eigenvalue weighted by Crippen LogP contribution is -2.57. The van der Waals surface area contributed by atoms with Crippen molar-refractivity contribution in [1.82, 2.24) is 14.9 Å². The second kappa shape index (κ2) is 14.7. The number of aliphatic carboxylic acids is 1. The van der Waals surface area contributed by atoms with Crippen LogP contribution < -0.4 is 14.6 Å². The largest absolute Gasteiger partial charge is 0.493 e. The number of hydrogen-bond donors (Lipinski definition) is 1. The number of allylic oxidation sites excluding steroid dienone is 1. The Morgan fingerprint density at radius 2 is 1.64 bits per heavy atom. The van der Waals surface area contributed by atoms with E-state index in [1.165, 1.54) is 6.92 Å². The molecule has 0 saturated carbocycles. The molecule has 2 fully saturated rings. The fourth-order valence-electron chi connectivity index (χ4n) is 5.74. The number of carboxylic acid groups (broad SMARTS) is 1. The van der Waals surface area contributed by atoms with Gasteiger partial charge in [0.05, 0.1) is 67.1 Å². The quantitative estimate of drug-likeness (QED) is 0.0945. The summed E-state index contributed by atoms with van der Waals surface area (Å²) in [7, 11) is 2.15. The summed E-state index contributed by atoms with van der Waals surface area (Å²) in [6, 6.07) is 1.32. The molecular formula is C33H26F12N6O5. The van der Waals surface area contributed by atoms with Crippen molar-refractivity contribution < 1.29 is 76.9 Å². The Kier molecular flexibility index (Phi) is 10.9. The number of amides is 1. The van der Waals surface area contributed by atoms with Crippen molar-refractivity contribution in [2.24, 2.45) is 5.10 Å². The summed E-state index contributed by atoms with van der Waals surface area (Å²) in [5.41, 5.74) is -6.15. The van der Waals surface area contributed by atoms with E-state index < -0.39 is 108 Å². The molecule has 0 radical (unpaired) electrons. The number of benzene rings is 2. The SMILES string of the molecule is COc1c(F)cc(N(C)/N=C\C(=C\C(F)(F)F)C(=O)O)cc1-c1cnc(N2CC(F)(F)C2)nc1CN1C(=O)O[C@H](c2cc(C(F)(F)F)cc(C(F)(F)F)c2)[C@@H]1C. The zero-order valence-corrected chi connectivity index (χ0v) is 28.7. The first-order valence-electron chi connectivity index (χ1n) is 15.7. The Labute approximate surface area is 307 Å². The number of alkyl halides is 11. The van der Waals surface area contributed by atoms with Gasteiger partial charge >= 0.3 is 30.6 Å². The van der Waals surface area contributed by atoms with Gasteiger partial charge in [-0.15, -0.1) is 0 Å². The van der Waals surface area contributed by atoms with Crippen LogP contribution in [-0.4, -0.2) is 83.6 Å². The van der Waals surface area contributed by atoms with Gasteiger partial charge in [-0.1, -0.05) is 0 Å². The Morgan fingerprint density at radius 1 is 1.04 bits per heavy atom. The predicted molar refractivity (Wildman–Crippen MR) is 170 cm³/mol. The van der Waals surface area contributed by atoms with E-state index in [1.807, 2.05) is 0 Å². The van der Waals surface area contributed by atoms with E-state index in [4.69, 9.17) is 14.6 Å². The first-order chi connectivity index (χ1) is 25.8. The molecule has 2 aliphatic heterocycles. The molecule has 1 amide bonds. The Morgan fingerprint density at radius 3 is 2.16 bits per heavy atom. The van der Waals surface area contributed by atoms with Crippen molar-refractivity contribution in [3.05, 3.63) is 76.4 Å². The van der Waals surface area contributed by atoms with Crippen molar-refractivity contribution in [3.8, 4) is 16.9 Å². The number of aromatic nitrogens is 2. The van der Waals surface area contributed by atoms with Crippen molar-refractivity contribution in [2.75, 3.05) is 37.2 Å². The molecule has 0 bridgehead atoms. The molecule has 1 aromatic heterocycles. The van der Waals surface area contributed by atoms with Crippen LogP contribution in [-0.2, 0) is 28.4 Å². The first kappa shape index (κ1) is 41.4. The summed E-state index contributed by atoms with van der Waals surface area (Å²) in [4.78, 5) is 34.8. The number of carbonyl (C=O) groups is 2. The second-order valence-corrected chi connectivity index (χ2v) is 12.5. The van der Waals surface area contributed by atoms with Crippen molar-refractivity contribution >= 4 is 29.9 Å². The van der Waals surface area contributed by atoms with E-state index in [-0.39, 0.29) is 34.5 Å². The number of anilines is 2. The van der Waals surface area contributed by atoms with Crippen LogP contribution in [0, 0.1) is 5.82 Å². The van der Waals surface area contributed by atoms with Gasteiger partial charge < -0.3 is 19.5 Å². The number of carbonyl (C=O) groups excluding carboxylic acids is 1. The number of methoxy groups -OCH3 is 1. The smallest absolute Gasteiger partial charge is 0.416 e. The molecule has 3 aromatic rings. The zero-order valence-electron chi connectivity index (χ0n) is 28.7. The number of hydrazone groups is 1. The Hall–Kier alpha value is -5.77. The highest BCUT2D eigenvalue weighted by molar-refractivity contribution is 6.08. The molecular weight excluding hydrogens is 788 g/mol. The summed E-state index contributed by atoms with van der Waals surface area (Å²) in [5.74, 6) is -7.06. The fourth-order valence-corrected chi connectivity index (χ4v) is 5.74. The molecule has 0 aliphatic carbocycles. The van der Waals surface area contributed by atoms with E-state index in [9.17, 15) is 57.9 Å². The highest BCUT2D eigenvalue weighted by Crippen LogP contribution is 2.43. The van der Waals surface area contributed by atoms with E-state index >= 15 is 4.39 Å². The summed E-state index contributed by atoms with van der Waals surface area (Å²) in [5, 5.41) is 13.6. The van der Waals surface area contributed by atoms with E-state index in [0.717, 1.165) is 47.3 Å². The van der Waals surface area contributed by atoms with Crippen LogP contribution >= 0.6 is 0 Å². The highest BCUT2D eigenvalue weighted by atomic mass is 19.4. The number of rotatable bonds is 10. The average Bonchev–Trinajstić information content (AvgIpc) is 3.35. The monoisotopic (exact) mass is 814 g/mol. The van der Waals surface area contributed by atoms with E-state index in [2.05, 4.69) is 15.1 Å². The van der Waals surface area contributed by atoms with E-state index in [1.54, 1.807) is 0 Å². The maximum absolute atomic E-state index is 15.6. The van der Waals surface area contributed by atoms with Gasteiger partial charge in [0.15, 0.2) is 11.6 Å². The van der Waals surface area contributed by atoms with Crippen LogP contribution in [0.2, 0.25) is 0 Å². The van der Waals surface area contributed by atoms with Gasteiger partial charge in [-0.05, 0) is 36.8 Å². The van der Waals surface area contributed by atoms with Crippen molar-refractivity contribution in [2.45, 2.75) is 50.1 Å². The molecule has 2 aliphatic rings. The van der Waals surface area contributed by atoms with Gasteiger partial charge in [-0.25, -0.2) is 32.7 Å². The molecule has 2 saturated heterocycles. The van der Waals surface area contributed by atoms with Gasteiger partial charge in [0.2, 0.25) is 5.95 Å². The molecule has 0 spiro atoms. The average molecular weight is 815 g/mol. The maximum Gasteiger partial charge on any atom is 0.416 e. The normalized spacial score (nSPS) is 19.0. The minimum Gasteiger partial charge on any atom is -0.493 e. The highest BCUT2D eigenvalue weighted by Gasteiger charge is 2.46. The summed E-state index contributed by atoms with van der Waals surface area (Å²) >= 11 is 0. The molecule has 2 atom stereocenters. The molecule has 3 heterocycles.